The van der Waals surface area contributed by atoms with Gasteiger partial charge in [0.05, 0.1) is 6.10 Å². The van der Waals surface area contributed by atoms with E-state index in [1.165, 1.54) is 5.56 Å². The van der Waals surface area contributed by atoms with E-state index in [4.69, 9.17) is 9.47 Å². The van der Waals surface area contributed by atoms with Gasteiger partial charge in [-0.1, -0.05) is 91.0 Å². The lowest BCUT2D eigenvalue weighted by Crippen LogP contribution is -2.43. The fraction of sp³-hybridized carbons (Fsp3) is 0.273. The van der Waals surface area contributed by atoms with Crippen molar-refractivity contribution >= 4 is 0 Å². The van der Waals surface area contributed by atoms with Gasteiger partial charge < -0.3 is 14.6 Å². The van der Waals surface area contributed by atoms with Gasteiger partial charge in [0, 0.05) is 24.7 Å². The summed E-state index contributed by atoms with van der Waals surface area (Å²) in [5.74, 6) is 1.35. The maximum atomic E-state index is 11.4. The van der Waals surface area contributed by atoms with Crippen LogP contribution in [0.15, 0.2) is 109 Å². The van der Waals surface area contributed by atoms with Gasteiger partial charge in [-0.2, -0.15) is 0 Å². The lowest BCUT2D eigenvalue weighted by atomic mass is 10.0. The molecule has 4 nitrogen and oxygen atoms in total. The lowest BCUT2D eigenvalue weighted by Gasteiger charge is -2.37. The highest BCUT2D eigenvalue weighted by Crippen LogP contribution is 2.30. The van der Waals surface area contributed by atoms with Crippen LogP contribution in [-0.4, -0.2) is 22.1 Å². The molecule has 1 atom stereocenters. The standard InChI is InChI=1S/C33H37NO3/c1-33(2,3)34(22-26-13-7-4-8-14-26)23-32(35)29-19-30(36-24-27-15-9-5-10-16-27)21-31(20-29)37-25-28-17-11-6-12-18-28/h4-21,32,35H,22-25H2,1-3H3. The molecule has 0 bridgehead atoms. The Balaban J connectivity index is 1.54. The van der Waals surface area contributed by atoms with Crippen LogP contribution in [0.3, 0.4) is 0 Å². The molecule has 192 valence electrons. The van der Waals surface area contributed by atoms with Crippen molar-refractivity contribution in [2.45, 2.75) is 52.2 Å². The first-order chi connectivity index (χ1) is 17.9. The van der Waals surface area contributed by atoms with Crippen molar-refractivity contribution in [1.82, 2.24) is 4.90 Å². The maximum absolute atomic E-state index is 11.4. The van der Waals surface area contributed by atoms with Crippen LogP contribution in [0.1, 0.15) is 49.1 Å². The van der Waals surface area contributed by atoms with E-state index in [1.807, 2.05) is 84.9 Å². The Morgan fingerprint density at radius 1 is 0.649 bits per heavy atom. The smallest absolute Gasteiger partial charge is 0.123 e. The van der Waals surface area contributed by atoms with Gasteiger partial charge in [-0.25, -0.2) is 0 Å². The number of aliphatic hydroxyl groups is 1. The van der Waals surface area contributed by atoms with E-state index < -0.39 is 6.10 Å². The number of β-amino-alcohol motifs (C(OH)–C–C–N with tert-alkyl or cyclic N) is 1. The number of hydrogen-bond donors (Lipinski definition) is 1. The van der Waals surface area contributed by atoms with E-state index in [2.05, 4.69) is 49.9 Å². The molecule has 4 aromatic rings. The van der Waals surface area contributed by atoms with Gasteiger partial charge in [0.2, 0.25) is 0 Å². The Morgan fingerprint density at radius 3 is 1.51 bits per heavy atom. The van der Waals surface area contributed by atoms with Crippen molar-refractivity contribution in [2.24, 2.45) is 0 Å². The summed E-state index contributed by atoms with van der Waals surface area (Å²) >= 11 is 0. The third-order valence-electron chi connectivity index (χ3n) is 6.34. The molecule has 0 amide bonds. The summed E-state index contributed by atoms with van der Waals surface area (Å²) in [6.45, 7) is 8.66. The molecule has 1 N–H and O–H groups in total. The summed E-state index contributed by atoms with van der Waals surface area (Å²) < 4.78 is 12.3. The largest absolute Gasteiger partial charge is 0.489 e. The Labute approximate surface area is 221 Å². The molecule has 0 saturated heterocycles. The maximum Gasteiger partial charge on any atom is 0.123 e. The van der Waals surface area contributed by atoms with Gasteiger partial charge in [-0.15, -0.1) is 0 Å². The normalized spacial score (nSPS) is 12.4. The van der Waals surface area contributed by atoms with E-state index in [9.17, 15) is 5.11 Å². The summed E-state index contributed by atoms with van der Waals surface area (Å²) in [4.78, 5) is 2.30. The fourth-order valence-electron chi connectivity index (χ4n) is 4.13. The van der Waals surface area contributed by atoms with E-state index in [0.717, 1.165) is 23.2 Å². The van der Waals surface area contributed by atoms with Gasteiger partial charge in [0.25, 0.3) is 0 Å². The van der Waals surface area contributed by atoms with Crippen LogP contribution in [0.2, 0.25) is 0 Å². The minimum atomic E-state index is -0.706. The number of ether oxygens (including phenoxy) is 2. The molecule has 0 aromatic heterocycles. The molecule has 4 heteroatoms. The monoisotopic (exact) mass is 495 g/mol. The first-order valence-corrected chi connectivity index (χ1v) is 12.8. The minimum absolute atomic E-state index is 0.120. The number of hydrogen-bond acceptors (Lipinski definition) is 4. The SMILES string of the molecule is CC(C)(C)N(Cc1ccccc1)CC(O)c1cc(OCc2ccccc2)cc(OCc2ccccc2)c1. The highest BCUT2D eigenvalue weighted by Gasteiger charge is 2.25. The number of rotatable bonds is 11. The quantitative estimate of drug-likeness (QED) is 0.239. The molecule has 0 saturated carbocycles. The molecule has 37 heavy (non-hydrogen) atoms. The zero-order valence-electron chi connectivity index (χ0n) is 22.0. The molecular formula is C33H37NO3. The van der Waals surface area contributed by atoms with Crippen LogP contribution >= 0.6 is 0 Å². The summed E-state index contributed by atoms with van der Waals surface area (Å²) in [7, 11) is 0. The molecule has 1 unspecified atom stereocenters. The molecule has 0 spiro atoms. The Morgan fingerprint density at radius 2 is 1.08 bits per heavy atom. The number of nitrogens with zero attached hydrogens (tertiary/aromatic N) is 1. The second-order valence-electron chi connectivity index (χ2n) is 10.3. The first kappa shape index (κ1) is 26.5. The highest BCUT2D eigenvalue weighted by atomic mass is 16.5. The summed E-state index contributed by atoms with van der Waals surface area (Å²) in [5.41, 5.74) is 4.04. The zero-order chi connectivity index (χ0) is 26.1. The Kier molecular flexibility index (Phi) is 8.99. The molecule has 4 aromatic carbocycles. The predicted molar refractivity (Wildman–Crippen MR) is 150 cm³/mol. The third kappa shape index (κ3) is 8.21. The first-order valence-electron chi connectivity index (χ1n) is 12.8. The summed E-state index contributed by atoms with van der Waals surface area (Å²) in [6, 6.07) is 36.3. The molecule has 0 fully saturated rings. The van der Waals surface area contributed by atoms with E-state index in [1.54, 1.807) is 0 Å². The van der Waals surface area contributed by atoms with Gasteiger partial charge in [0.15, 0.2) is 0 Å². The molecule has 0 aliphatic rings. The lowest BCUT2D eigenvalue weighted by molar-refractivity contribution is 0.0520. The van der Waals surface area contributed by atoms with Crippen LogP contribution < -0.4 is 9.47 Å². The molecule has 0 radical (unpaired) electrons. The van der Waals surface area contributed by atoms with Crippen LogP contribution in [0.25, 0.3) is 0 Å². The average Bonchev–Trinajstić information content (AvgIpc) is 2.91. The minimum Gasteiger partial charge on any atom is -0.489 e. The van der Waals surface area contributed by atoms with Crippen LogP contribution in [0, 0.1) is 0 Å². The second kappa shape index (κ2) is 12.6. The van der Waals surface area contributed by atoms with Crippen molar-refractivity contribution in [3.05, 3.63) is 131 Å². The molecule has 0 aliphatic heterocycles. The van der Waals surface area contributed by atoms with Crippen molar-refractivity contribution < 1.29 is 14.6 Å². The van der Waals surface area contributed by atoms with Crippen molar-refractivity contribution in [2.75, 3.05) is 6.54 Å². The van der Waals surface area contributed by atoms with E-state index in [0.29, 0.717) is 31.3 Å². The number of benzene rings is 4. The van der Waals surface area contributed by atoms with E-state index in [-0.39, 0.29) is 5.54 Å². The average molecular weight is 496 g/mol. The van der Waals surface area contributed by atoms with Crippen LogP contribution in [-0.2, 0) is 19.8 Å². The molecule has 4 rings (SSSR count). The van der Waals surface area contributed by atoms with Crippen molar-refractivity contribution in [1.29, 1.82) is 0 Å². The van der Waals surface area contributed by atoms with E-state index >= 15 is 0 Å². The summed E-state index contributed by atoms with van der Waals surface area (Å²) in [6.07, 6.45) is -0.706. The number of aliphatic hydroxyl groups excluding tert-OH is 1. The fourth-order valence-corrected chi connectivity index (χ4v) is 4.13. The molecule has 0 aliphatic carbocycles. The highest BCUT2D eigenvalue weighted by molar-refractivity contribution is 5.40. The Bertz CT molecular complexity index is 1160. The van der Waals surface area contributed by atoms with Crippen molar-refractivity contribution in [3.8, 4) is 11.5 Å². The van der Waals surface area contributed by atoms with Gasteiger partial charge in [-0.05, 0) is 55.2 Å². The topological polar surface area (TPSA) is 41.9 Å². The van der Waals surface area contributed by atoms with Gasteiger partial charge >= 0.3 is 0 Å². The molecular weight excluding hydrogens is 458 g/mol. The summed E-state index contributed by atoms with van der Waals surface area (Å²) in [5, 5.41) is 11.4. The van der Waals surface area contributed by atoms with Gasteiger partial charge in [0.1, 0.15) is 24.7 Å². The van der Waals surface area contributed by atoms with Gasteiger partial charge in [-0.3, -0.25) is 4.90 Å². The van der Waals surface area contributed by atoms with Crippen LogP contribution in [0.4, 0.5) is 0 Å². The zero-order valence-corrected chi connectivity index (χ0v) is 22.0. The third-order valence-corrected chi connectivity index (χ3v) is 6.34. The van der Waals surface area contributed by atoms with Crippen molar-refractivity contribution in [3.63, 3.8) is 0 Å². The van der Waals surface area contributed by atoms with Crippen LogP contribution in [0.5, 0.6) is 11.5 Å². The molecule has 0 heterocycles. The Hall–Kier alpha value is -3.60. The second-order valence-corrected chi connectivity index (χ2v) is 10.3. The predicted octanol–water partition coefficient (Wildman–Crippen LogP) is 7.18.